The van der Waals surface area contributed by atoms with Crippen molar-refractivity contribution < 1.29 is 24.9 Å². The van der Waals surface area contributed by atoms with Crippen molar-refractivity contribution in [1.82, 2.24) is 9.78 Å². The molecule has 0 fully saturated rings. The van der Waals surface area contributed by atoms with E-state index < -0.39 is 5.97 Å². The van der Waals surface area contributed by atoms with Crippen LogP contribution in [-0.4, -0.2) is 38.2 Å². The molecule has 34 heavy (non-hydrogen) atoms. The third-order valence-corrected chi connectivity index (χ3v) is 5.10. The fourth-order valence-electron chi connectivity index (χ4n) is 3.31. The minimum atomic E-state index is -0.993. The Morgan fingerprint density at radius 2 is 1.53 bits per heavy atom. The lowest BCUT2D eigenvalue weighted by molar-refractivity contribution is 0.0697. The molecule has 3 N–H and O–H groups in total. The number of rotatable bonds is 7. The van der Waals surface area contributed by atoms with Gasteiger partial charge in [-0.2, -0.15) is 5.10 Å². The number of hydrogen-bond acceptors (Lipinski definition) is 5. The Labute approximate surface area is 196 Å². The standard InChI is InChI=1S/C27H22N2O5/c1-34-26-16-19(6-15-25(26)31)2-9-21-17-23(10-3-18-4-13-24(30)14-5-18)29(28-21)22-11-7-20(8-12-22)27(32)33/h2-17,30-31H,1H3,(H,32,33)/b9-2+,10-3+. The number of methoxy groups -OCH3 is 1. The minimum absolute atomic E-state index is 0.0652. The van der Waals surface area contributed by atoms with Gasteiger partial charge in [-0.05, 0) is 77.9 Å². The van der Waals surface area contributed by atoms with Gasteiger partial charge in [0.05, 0.1) is 29.7 Å². The fraction of sp³-hybridized carbons (Fsp3) is 0.0370. The molecule has 0 spiro atoms. The number of carboxylic acid groups (broad SMARTS) is 1. The maximum Gasteiger partial charge on any atom is 0.335 e. The molecule has 0 bridgehead atoms. The summed E-state index contributed by atoms with van der Waals surface area (Å²) in [6.07, 6.45) is 7.49. The average molecular weight is 454 g/mol. The Kier molecular flexibility index (Phi) is 6.45. The molecule has 3 aromatic carbocycles. The van der Waals surface area contributed by atoms with Gasteiger partial charge in [0.25, 0.3) is 0 Å². The van der Waals surface area contributed by atoms with E-state index >= 15 is 0 Å². The van der Waals surface area contributed by atoms with Crippen LogP contribution in [0.2, 0.25) is 0 Å². The summed E-state index contributed by atoms with van der Waals surface area (Å²) < 4.78 is 6.88. The van der Waals surface area contributed by atoms with Gasteiger partial charge in [0.15, 0.2) is 11.5 Å². The number of aromatic nitrogens is 2. The van der Waals surface area contributed by atoms with Crippen molar-refractivity contribution in [3.63, 3.8) is 0 Å². The smallest absolute Gasteiger partial charge is 0.335 e. The normalized spacial score (nSPS) is 11.3. The zero-order valence-electron chi connectivity index (χ0n) is 18.3. The molecular weight excluding hydrogens is 432 g/mol. The number of phenolic OH excluding ortho intramolecular Hbond substituents is 2. The quantitative estimate of drug-likeness (QED) is 0.349. The number of aromatic carboxylic acids is 1. The first kappa shape index (κ1) is 22.4. The van der Waals surface area contributed by atoms with Crippen LogP contribution in [0.3, 0.4) is 0 Å². The predicted octanol–water partition coefficient (Wildman–Crippen LogP) is 5.33. The summed E-state index contributed by atoms with van der Waals surface area (Å²) in [5.41, 5.74) is 4.09. The molecule has 0 saturated heterocycles. The Morgan fingerprint density at radius 1 is 0.853 bits per heavy atom. The number of carbonyl (C=O) groups is 1. The monoisotopic (exact) mass is 454 g/mol. The highest BCUT2D eigenvalue weighted by atomic mass is 16.5. The molecular formula is C27H22N2O5. The molecule has 0 aliphatic heterocycles. The molecule has 4 rings (SSSR count). The van der Waals surface area contributed by atoms with E-state index in [-0.39, 0.29) is 17.1 Å². The second-order valence-corrected chi connectivity index (χ2v) is 7.45. The van der Waals surface area contributed by atoms with Crippen molar-refractivity contribution in [2.24, 2.45) is 0 Å². The highest BCUT2D eigenvalue weighted by Gasteiger charge is 2.09. The second-order valence-electron chi connectivity index (χ2n) is 7.45. The molecule has 0 aliphatic rings. The predicted molar refractivity (Wildman–Crippen MR) is 131 cm³/mol. The largest absolute Gasteiger partial charge is 0.508 e. The zero-order valence-corrected chi connectivity index (χ0v) is 18.3. The molecule has 1 heterocycles. The van der Waals surface area contributed by atoms with E-state index in [1.807, 2.05) is 30.4 Å². The SMILES string of the molecule is COc1cc(/C=C/c2cc(/C=C/c3ccc(O)cc3)n(-c3ccc(C(=O)O)cc3)n2)ccc1O. The number of hydrogen-bond donors (Lipinski definition) is 3. The highest BCUT2D eigenvalue weighted by molar-refractivity contribution is 5.87. The van der Waals surface area contributed by atoms with Crippen LogP contribution in [0.5, 0.6) is 17.2 Å². The van der Waals surface area contributed by atoms with Gasteiger partial charge in [0, 0.05) is 0 Å². The first-order valence-electron chi connectivity index (χ1n) is 10.4. The van der Waals surface area contributed by atoms with Crippen molar-refractivity contribution >= 4 is 30.3 Å². The summed E-state index contributed by atoms with van der Waals surface area (Å²) in [6.45, 7) is 0. The van der Waals surface area contributed by atoms with Crippen molar-refractivity contribution in [2.45, 2.75) is 0 Å². The Bertz CT molecular complexity index is 1370. The van der Waals surface area contributed by atoms with Crippen LogP contribution in [0.4, 0.5) is 0 Å². The van der Waals surface area contributed by atoms with E-state index in [1.54, 1.807) is 59.3 Å². The molecule has 7 heteroatoms. The summed E-state index contributed by atoms with van der Waals surface area (Å²) in [7, 11) is 1.49. The van der Waals surface area contributed by atoms with Gasteiger partial charge in [-0.15, -0.1) is 0 Å². The Hall–Kier alpha value is -4.78. The molecule has 0 radical (unpaired) electrons. The summed E-state index contributed by atoms with van der Waals surface area (Å²) in [5, 5.41) is 33.1. The third-order valence-electron chi connectivity index (χ3n) is 5.10. The van der Waals surface area contributed by atoms with Gasteiger partial charge >= 0.3 is 5.97 Å². The summed E-state index contributed by atoms with van der Waals surface area (Å²) in [4.78, 5) is 11.2. The van der Waals surface area contributed by atoms with Crippen LogP contribution < -0.4 is 4.74 Å². The fourth-order valence-corrected chi connectivity index (χ4v) is 3.31. The Balaban J connectivity index is 1.69. The van der Waals surface area contributed by atoms with E-state index in [0.29, 0.717) is 17.1 Å². The maximum atomic E-state index is 11.2. The molecule has 0 saturated carbocycles. The first-order chi connectivity index (χ1) is 16.4. The summed E-state index contributed by atoms with van der Waals surface area (Å²) >= 11 is 0. The molecule has 0 amide bonds. The third kappa shape index (κ3) is 5.16. The number of ether oxygens (including phenoxy) is 1. The van der Waals surface area contributed by atoms with Gasteiger partial charge in [0.2, 0.25) is 0 Å². The minimum Gasteiger partial charge on any atom is -0.508 e. The van der Waals surface area contributed by atoms with Crippen molar-refractivity contribution in [1.29, 1.82) is 0 Å². The maximum absolute atomic E-state index is 11.2. The topological polar surface area (TPSA) is 105 Å². The van der Waals surface area contributed by atoms with E-state index in [4.69, 9.17) is 4.74 Å². The molecule has 0 atom stereocenters. The number of benzene rings is 3. The van der Waals surface area contributed by atoms with E-state index in [1.165, 1.54) is 19.2 Å². The molecule has 4 aromatic rings. The number of aromatic hydroxyl groups is 2. The second kappa shape index (κ2) is 9.79. The van der Waals surface area contributed by atoms with Crippen molar-refractivity contribution in [3.8, 4) is 22.9 Å². The molecule has 0 unspecified atom stereocenters. The number of carboxylic acids is 1. The first-order valence-corrected chi connectivity index (χ1v) is 10.4. The number of nitrogens with zero attached hydrogens (tertiary/aromatic N) is 2. The Morgan fingerprint density at radius 3 is 2.21 bits per heavy atom. The molecule has 1 aromatic heterocycles. The lowest BCUT2D eigenvalue weighted by Gasteiger charge is -2.05. The van der Waals surface area contributed by atoms with Crippen LogP contribution in [0.1, 0.15) is 32.9 Å². The van der Waals surface area contributed by atoms with Gasteiger partial charge in [0.1, 0.15) is 5.75 Å². The van der Waals surface area contributed by atoms with E-state index in [0.717, 1.165) is 16.8 Å². The number of phenols is 2. The molecule has 0 aliphatic carbocycles. The lowest BCUT2D eigenvalue weighted by atomic mass is 10.1. The van der Waals surface area contributed by atoms with Gasteiger partial charge in [-0.1, -0.05) is 30.4 Å². The van der Waals surface area contributed by atoms with Crippen LogP contribution in [0.25, 0.3) is 30.0 Å². The summed E-state index contributed by atoms with van der Waals surface area (Å²) in [5.74, 6) is -0.356. The molecule has 7 nitrogen and oxygen atoms in total. The van der Waals surface area contributed by atoms with E-state index in [2.05, 4.69) is 5.10 Å². The van der Waals surface area contributed by atoms with Crippen LogP contribution in [-0.2, 0) is 0 Å². The van der Waals surface area contributed by atoms with Crippen LogP contribution in [0.15, 0.2) is 72.8 Å². The van der Waals surface area contributed by atoms with Gasteiger partial charge in [-0.3, -0.25) is 0 Å². The van der Waals surface area contributed by atoms with Gasteiger partial charge < -0.3 is 20.1 Å². The highest BCUT2D eigenvalue weighted by Crippen LogP contribution is 2.27. The van der Waals surface area contributed by atoms with Crippen molar-refractivity contribution in [2.75, 3.05) is 7.11 Å². The van der Waals surface area contributed by atoms with Crippen LogP contribution in [0, 0.1) is 0 Å². The van der Waals surface area contributed by atoms with Gasteiger partial charge in [-0.25, -0.2) is 9.48 Å². The summed E-state index contributed by atoms with van der Waals surface area (Å²) in [6, 6.07) is 20.2. The van der Waals surface area contributed by atoms with Crippen molar-refractivity contribution in [3.05, 3.63) is 101 Å². The lowest BCUT2D eigenvalue weighted by Crippen LogP contribution is -2.01. The zero-order chi connectivity index (χ0) is 24.1. The van der Waals surface area contributed by atoms with E-state index in [9.17, 15) is 20.1 Å². The average Bonchev–Trinajstić information content (AvgIpc) is 3.26. The molecule has 170 valence electrons. The van der Waals surface area contributed by atoms with Crippen LogP contribution >= 0.6 is 0 Å².